The molecule has 106 valence electrons. The molecule has 5 heteroatoms. The maximum absolute atomic E-state index is 11.8. The Morgan fingerprint density at radius 2 is 2.21 bits per heavy atom. The van der Waals surface area contributed by atoms with Crippen molar-refractivity contribution >= 4 is 11.8 Å². The van der Waals surface area contributed by atoms with Crippen LogP contribution in [0.3, 0.4) is 0 Å². The molecular formula is C14H23N3O2. The molecule has 0 saturated heterocycles. The Labute approximate surface area is 114 Å². The van der Waals surface area contributed by atoms with Crippen LogP contribution in [-0.4, -0.2) is 22.1 Å². The Balaban J connectivity index is 2.27. The second-order valence-corrected chi connectivity index (χ2v) is 5.23. The average molecular weight is 265 g/mol. The fourth-order valence-corrected chi connectivity index (χ4v) is 2.53. The number of anilines is 1. The minimum atomic E-state index is -0.424. The number of aryl methyl sites for hydroxylation is 1. The fraction of sp³-hybridized carbons (Fsp3) is 0.714. The summed E-state index contributed by atoms with van der Waals surface area (Å²) in [5, 5.41) is 0. The maximum Gasteiger partial charge on any atom is 0.360 e. The second-order valence-electron chi connectivity index (χ2n) is 5.23. The van der Waals surface area contributed by atoms with Crippen molar-refractivity contribution in [3.8, 4) is 0 Å². The van der Waals surface area contributed by atoms with E-state index in [-0.39, 0.29) is 11.7 Å². The molecule has 0 spiro atoms. The lowest BCUT2D eigenvalue weighted by molar-refractivity contribution is 0.0521. The van der Waals surface area contributed by atoms with Crippen LogP contribution < -0.4 is 5.73 Å². The van der Waals surface area contributed by atoms with E-state index < -0.39 is 5.97 Å². The molecule has 0 amide bonds. The summed E-state index contributed by atoms with van der Waals surface area (Å²) >= 11 is 0. The number of nitrogens with zero attached hydrogens (tertiary/aromatic N) is 2. The Morgan fingerprint density at radius 1 is 1.53 bits per heavy atom. The van der Waals surface area contributed by atoms with Crippen molar-refractivity contribution in [2.75, 3.05) is 12.3 Å². The highest BCUT2D eigenvalue weighted by Gasteiger charge is 2.28. The number of carbonyl (C=O) groups is 1. The molecule has 1 aromatic heterocycles. The van der Waals surface area contributed by atoms with E-state index in [1.807, 2.05) is 11.5 Å². The smallest absolute Gasteiger partial charge is 0.360 e. The summed E-state index contributed by atoms with van der Waals surface area (Å²) < 4.78 is 7.00. The molecule has 1 aliphatic carbocycles. The first-order chi connectivity index (χ1) is 9.08. The van der Waals surface area contributed by atoms with E-state index in [4.69, 9.17) is 10.5 Å². The van der Waals surface area contributed by atoms with Gasteiger partial charge in [0.25, 0.3) is 0 Å². The predicted molar refractivity (Wildman–Crippen MR) is 74.0 cm³/mol. The van der Waals surface area contributed by atoms with Gasteiger partial charge in [0.1, 0.15) is 11.6 Å². The van der Waals surface area contributed by atoms with E-state index in [9.17, 15) is 4.79 Å². The summed E-state index contributed by atoms with van der Waals surface area (Å²) in [6.07, 6.45) is 4.49. The van der Waals surface area contributed by atoms with Crippen LogP contribution in [0.4, 0.5) is 5.82 Å². The normalized spacial score (nSPS) is 16.4. The number of hydrogen-bond acceptors (Lipinski definition) is 4. The van der Waals surface area contributed by atoms with Gasteiger partial charge in [0.05, 0.1) is 6.61 Å². The van der Waals surface area contributed by atoms with E-state index in [0.29, 0.717) is 12.4 Å². The molecule has 1 aliphatic rings. The van der Waals surface area contributed by atoms with Gasteiger partial charge in [0, 0.05) is 12.5 Å². The number of nitrogen functional groups attached to an aromatic ring is 1. The third-order valence-electron chi connectivity index (χ3n) is 3.62. The van der Waals surface area contributed by atoms with E-state index >= 15 is 0 Å². The first kappa shape index (κ1) is 13.9. The lowest BCUT2D eigenvalue weighted by atomic mass is 10.1. The van der Waals surface area contributed by atoms with Crippen LogP contribution in [0, 0.1) is 5.92 Å². The van der Waals surface area contributed by atoms with Crippen LogP contribution in [0.15, 0.2) is 0 Å². The van der Waals surface area contributed by atoms with Gasteiger partial charge >= 0.3 is 5.97 Å². The highest BCUT2D eigenvalue weighted by molar-refractivity contribution is 5.92. The molecule has 0 bridgehead atoms. The number of nitrogens with two attached hydrogens (primary N) is 1. The Hall–Kier alpha value is -1.52. The SMILES string of the molecule is CCOC(=O)c1nc(CC)n(C(C)CC2CC2)c1N. The van der Waals surface area contributed by atoms with Crippen LogP contribution >= 0.6 is 0 Å². The van der Waals surface area contributed by atoms with Crippen molar-refractivity contribution in [3.05, 3.63) is 11.5 Å². The first-order valence-corrected chi connectivity index (χ1v) is 7.12. The number of esters is 1. The van der Waals surface area contributed by atoms with Crippen molar-refractivity contribution < 1.29 is 9.53 Å². The molecule has 0 radical (unpaired) electrons. The van der Waals surface area contributed by atoms with Gasteiger partial charge in [-0.1, -0.05) is 19.8 Å². The minimum Gasteiger partial charge on any atom is -0.461 e. The highest BCUT2D eigenvalue weighted by atomic mass is 16.5. The van der Waals surface area contributed by atoms with Gasteiger partial charge in [-0.05, 0) is 26.2 Å². The molecular weight excluding hydrogens is 242 g/mol. The Morgan fingerprint density at radius 3 is 2.74 bits per heavy atom. The van der Waals surface area contributed by atoms with Gasteiger partial charge in [-0.25, -0.2) is 9.78 Å². The van der Waals surface area contributed by atoms with Crippen LogP contribution in [-0.2, 0) is 11.2 Å². The van der Waals surface area contributed by atoms with Gasteiger partial charge in [0.2, 0.25) is 0 Å². The van der Waals surface area contributed by atoms with Crippen LogP contribution in [0.5, 0.6) is 0 Å². The number of rotatable bonds is 6. The average Bonchev–Trinajstić information content (AvgIpc) is 3.11. The zero-order chi connectivity index (χ0) is 14.0. The number of ether oxygens (including phenoxy) is 1. The fourth-order valence-electron chi connectivity index (χ4n) is 2.53. The molecule has 1 aromatic rings. The lowest BCUT2D eigenvalue weighted by Gasteiger charge is -2.17. The molecule has 1 unspecified atom stereocenters. The van der Waals surface area contributed by atoms with Crippen LogP contribution in [0.25, 0.3) is 0 Å². The summed E-state index contributed by atoms with van der Waals surface area (Å²) in [5.74, 6) is 1.71. The monoisotopic (exact) mass is 265 g/mol. The van der Waals surface area contributed by atoms with Crippen molar-refractivity contribution in [1.82, 2.24) is 9.55 Å². The third kappa shape index (κ3) is 2.91. The molecule has 1 fully saturated rings. The van der Waals surface area contributed by atoms with Gasteiger partial charge in [-0.3, -0.25) is 0 Å². The van der Waals surface area contributed by atoms with Gasteiger partial charge in [-0.15, -0.1) is 0 Å². The zero-order valence-electron chi connectivity index (χ0n) is 12.0. The largest absolute Gasteiger partial charge is 0.461 e. The van der Waals surface area contributed by atoms with Gasteiger partial charge < -0.3 is 15.0 Å². The number of carbonyl (C=O) groups excluding carboxylic acids is 1. The number of hydrogen-bond donors (Lipinski definition) is 1. The standard InChI is InChI=1S/C14H23N3O2/c1-4-11-16-12(14(18)19-5-2)13(15)17(11)9(3)8-10-6-7-10/h9-10H,4-8,15H2,1-3H3. The molecule has 1 heterocycles. The van der Waals surface area contributed by atoms with Crippen molar-refractivity contribution in [3.63, 3.8) is 0 Å². The van der Waals surface area contributed by atoms with Gasteiger partial charge in [0.15, 0.2) is 5.69 Å². The molecule has 19 heavy (non-hydrogen) atoms. The van der Waals surface area contributed by atoms with Crippen LogP contribution in [0.1, 0.15) is 62.4 Å². The minimum absolute atomic E-state index is 0.265. The summed E-state index contributed by atoms with van der Waals surface area (Å²) in [4.78, 5) is 16.2. The number of aromatic nitrogens is 2. The van der Waals surface area contributed by atoms with Crippen molar-refractivity contribution in [2.45, 2.75) is 52.5 Å². The molecule has 2 rings (SSSR count). The maximum atomic E-state index is 11.8. The van der Waals surface area contributed by atoms with Crippen molar-refractivity contribution in [1.29, 1.82) is 0 Å². The molecule has 2 N–H and O–H groups in total. The lowest BCUT2D eigenvalue weighted by Crippen LogP contribution is -2.14. The third-order valence-corrected chi connectivity index (χ3v) is 3.62. The summed E-state index contributed by atoms with van der Waals surface area (Å²) in [6, 6.07) is 0.290. The van der Waals surface area contributed by atoms with E-state index in [0.717, 1.165) is 24.6 Å². The highest BCUT2D eigenvalue weighted by Crippen LogP contribution is 2.38. The van der Waals surface area contributed by atoms with Crippen molar-refractivity contribution in [2.24, 2.45) is 5.92 Å². The van der Waals surface area contributed by atoms with E-state index in [2.05, 4.69) is 11.9 Å². The zero-order valence-corrected chi connectivity index (χ0v) is 12.0. The molecule has 1 atom stereocenters. The first-order valence-electron chi connectivity index (χ1n) is 7.12. The Bertz CT molecular complexity index is 464. The molecule has 0 aromatic carbocycles. The van der Waals surface area contributed by atoms with E-state index in [1.165, 1.54) is 12.8 Å². The van der Waals surface area contributed by atoms with Crippen LogP contribution in [0.2, 0.25) is 0 Å². The van der Waals surface area contributed by atoms with E-state index in [1.54, 1.807) is 6.92 Å². The molecule has 1 saturated carbocycles. The summed E-state index contributed by atoms with van der Waals surface area (Å²) in [7, 11) is 0. The Kier molecular flexibility index (Phi) is 4.12. The quantitative estimate of drug-likeness (QED) is 0.802. The molecule has 0 aliphatic heterocycles. The molecule has 5 nitrogen and oxygen atoms in total. The second kappa shape index (κ2) is 5.63. The summed E-state index contributed by atoms with van der Waals surface area (Å²) in [5.41, 5.74) is 6.37. The number of imidazole rings is 1. The van der Waals surface area contributed by atoms with Gasteiger partial charge in [-0.2, -0.15) is 0 Å². The summed E-state index contributed by atoms with van der Waals surface area (Å²) in [6.45, 7) is 6.28. The predicted octanol–water partition coefficient (Wildman–Crippen LogP) is 2.57. The topological polar surface area (TPSA) is 70.1 Å².